The second kappa shape index (κ2) is 9.53. The first-order chi connectivity index (χ1) is 14.3. The Morgan fingerprint density at radius 2 is 1.90 bits per heavy atom. The fraction of sp³-hybridized carbons (Fsp3) is 0.250. The lowest BCUT2D eigenvalue weighted by Gasteiger charge is -2.10. The topological polar surface area (TPSA) is 59.8 Å². The van der Waals surface area contributed by atoms with Gasteiger partial charge in [0.2, 0.25) is 5.91 Å². The van der Waals surface area contributed by atoms with Gasteiger partial charge in [0.05, 0.1) is 11.3 Å². The Kier molecular flexibility index (Phi) is 7.04. The molecule has 0 spiro atoms. The van der Waals surface area contributed by atoms with Crippen LogP contribution in [-0.2, 0) is 17.5 Å². The van der Waals surface area contributed by atoms with Crippen LogP contribution in [0.5, 0.6) is 0 Å². The van der Waals surface area contributed by atoms with Crippen molar-refractivity contribution in [2.45, 2.75) is 31.2 Å². The van der Waals surface area contributed by atoms with E-state index in [-0.39, 0.29) is 11.4 Å². The Morgan fingerprint density at radius 1 is 1.17 bits per heavy atom. The molecule has 0 radical (unpaired) electrons. The van der Waals surface area contributed by atoms with Gasteiger partial charge in [0.1, 0.15) is 0 Å². The number of thioether (sulfide) groups is 1. The number of nitrogens with zero attached hydrogens (tertiary/aromatic N) is 3. The molecule has 0 saturated heterocycles. The monoisotopic (exact) mass is 454 g/mol. The maximum absolute atomic E-state index is 12.8. The maximum Gasteiger partial charge on any atom is 0.416 e. The summed E-state index contributed by atoms with van der Waals surface area (Å²) in [6, 6.07) is 11.7. The van der Waals surface area contributed by atoms with Crippen molar-refractivity contribution in [1.82, 2.24) is 14.8 Å². The van der Waals surface area contributed by atoms with E-state index in [2.05, 4.69) is 15.5 Å². The molecule has 0 saturated carbocycles. The molecule has 0 atom stereocenters. The van der Waals surface area contributed by atoms with Crippen molar-refractivity contribution in [1.29, 1.82) is 0 Å². The molecule has 1 amide bonds. The van der Waals surface area contributed by atoms with Crippen molar-refractivity contribution in [3.63, 3.8) is 0 Å². The molecule has 1 heterocycles. The molecule has 158 valence electrons. The number of hydrogen-bond acceptors (Lipinski definition) is 4. The van der Waals surface area contributed by atoms with E-state index >= 15 is 0 Å². The summed E-state index contributed by atoms with van der Waals surface area (Å²) < 4.78 is 40.4. The molecular weight excluding hydrogens is 437 g/mol. The standard InChI is InChI=1S/C20H18ClF3N4OS/c1-2-10-28-18(13-6-8-15(21)9-7-13)26-27-19(28)30-12-17(29)25-16-5-3-4-14(11-16)20(22,23)24/h3-9,11H,2,10,12H2,1H3,(H,25,29). The van der Waals surface area contributed by atoms with Crippen LogP contribution in [0.3, 0.4) is 0 Å². The van der Waals surface area contributed by atoms with Gasteiger partial charge in [-0.2, -0.15) is 13.2 Å². The highest BCUT2D eigenvalue weighted by Gasteiger charge is 2.30. The van der Waals surface area contributed by atoms with Crippen molar-refractivity contribution < 1.29 is 18.0 Å². The quantitative estimate of drug-likeness (QED) is 0.461. The molecule has 5 nitrogen and oxygen atoms in total. The van der Waals surface area contributed by atoms with Crippen LogP contribution in [0.15, 0.2) is 53.7 Å². The van der Waals surface area contributed by atoms with Crippen LogP contribution in [0, 0.1) is 0 Å². The van der Waals surface area contributed by atoms with Crippen LogP contribution in [0.25, 0.3) is 11.4 Å². The van der Waals surface area contributed by atoms with Crippen molar-refractivity contribution in [2.75, 3.05) is 11.1 Å². The Labute approximate surface area is 180 Å². The lowest BCUT2D eigenvalue weighted by Crippen LogP contribution is -2.15. The number of alkyl halides is 3. The Morgan fingerprint density at radius 3 is 2.57 bits per heavy atom. The van der Waals surface area contributed by atoms with Crippen LogP contribution in [0.1, 0.15) is 18.9 Å². The lowest BCUT2D eigenvalue weighted by molar-refractivity contribution is -0.137. The molecule has 0 fully saturated rings. The second-order valence-corrected chi connectivity index (χ2v) is 7.76. The highest BCUT2D eigenvalue weighted by molar-refractivity contribution is 7.99. The molecule has 3 aromatic rings. The van der Waals surface area contributed by atoms with Gasteiger partial charge in [0.25, 0.3) is 0 Å². The number of nitrogens with one attached hydrogen (secondary N) is 1. The number of carbonyl (C=O) groups excluding carboxylic acids is 1. The van der Waals surface area contributed by atoms with Crippen molar-refractivity contribution in [2.24, 2.45) is 0 Å². The Bertz CT molecular complexity index is 1020. The van der Waals surface area contributed by atoms with Crippen LogP contribution in [0.4, 0.5) is 18.9 Å². The van der Waals surface area contributed by atoms with Gasteiger partial charge in [-0.3, -0.25) is 4.79 Å². The lowest BCUT2D eigenvalue weighted by atomic mass is 10.2. The summed E-state index contributed by atoms with van der Waals surface area (Å²) in [6.07, 6.45) is -3.63. The number of amides is 1. The average molecular weight is 455 g/mol. The minimum absolute atomic E-state index is 0.0152. The van der Waals surface area contributed by atoms with Gasteiger partial charge >= 0.3 is 6.18 Å². The van der Waals surface area contributed by atoms with Crippen LogP contribution >= 0.6 is 23.4 Å². The highest BCUT2D eigenvalue weighted by Crippen LogP contribution is 2.31. The summed E-state index contributed by atoms with van der Waals surface area (Å²) in [6.45, 7) is 2.67. The van der Waals surface area contributed by atoms with Crippen molar-refractivity contribution in [3.05, 3.63) is 59.1 Å². The Balaban J connectivity index is 1.69. The molecule has 10 heteroatoms. The average Bonchev–Trinajstić information content (AvgIpc) is 3.09. The summed E-state index contributed by atoms with van der Waals surface area (Å²) >= 11 is 7.11. The van der Waals surface area contributed by atoms with E-state index in [1.54, 1.807) is 12.1 Å². The molecule has 0 bridgehead atoms. The van der Waals surface area contributed by atoms with E-state index in [1.165, 1.54) is 23.9 Å². The van der Waals surface area contributed by atoms with Gasteiger partial charge < -0.3 is 9.88 Å². The summed E-state index contributed by atoms with van der Waals surface area (Å²) in [4.78, 5) is 12.2. The number of halogens is 4. The summed E-state index contributed by atoms with van der Waals surface area (Å²) in [5, 5.41) is 12.1. The van der Waals surface area contributed by atoms with Crippen molar-refractivity contribution >= 4 is 35.0 Å². The third-order valence-electron chi connectivity index (χ3n) is 4.07. The summed E-state index contributed by atoms with van der Waals surface area (Å²) in [5.74, 6) is 0.214. The smallest absolute Gasteiger partial charge is 0.325 e. The maximum atomic E-state index is 12.8. The number of anilines is 1. The van der Waals surface area contributed by atoms with Crippen molar-refractivity contribution in [3.8, 4) is 11.4 Å². The number of benzene rings is 2. The van der Waals surface area contributed by atoms with Gasteiger partial charge in [-0.25, -0.2) is 0 Å². The van der Waals surface area contributed by atoms with Gasteiger partial charge in [-0.1, -0.05) is 36.4 Å². The molecular formula is C20H18ClF3N4OS. The number of rotatable bonds is 7. The molecule has 2 aromatic carbocycles. The van der Waals surface area contributed by atoms with Gasteiger partial charge in [-0.15, -0.1) is 10.2 Å². The fourth-order valence-electron chi connectivity index (χ4n) is 2.73. The SMILES string of the molecule is CCCn1c(SCC(=O)Nc2cccc(C(F)(F)F)c2)nnc1-c1ccc(Cl)cc1. The third kappa shape index (κ3) is 5.54. The van der Waals surface area contributed by atoms with E-state index in [4.69, 9.17) is 11.6 Å². The van der Waals surface area contributed by atoms with E-state index in [0.29, 0.717) is 22.5 Å². The molecule has 0 aliphatic carbocycles. The van der Waals surface area contributed by atoms with Gasteiger partial charge in [0.15, 0.2) is 11.0 Å². The number of aromatic nitrogens is 3. The van der Waals surface area contributed by atoms with Gasteiger partial charge in [0, 0.05) is 22.8 Å². The van der Waals surface area contributed by atoms with E-state index in [1.807, 2.05) is 23.6 Å². The zero-order chi connectivity index (χ0) is 21.7. The highest BCUT2D eigenvalue weighted by atomic mass is 35.5. The molecule has 0 aliphatic heterocycles. The number of hydrogen-bond donors (Lipinski definition) is 1. The zero-order valence-electron chi connectivity index (χ0n) is 15.9. The largest absolute Gasteiger partial charge is 0.416 e. The van der Waals surface area contributed by atoms with Crippen LogP contribution in [0.2, 0.25) is 5.02 Å². The fourth-order valence-corrected chi connectivity index (χ4v) is 3.62. The third-order valence-corrected chi connectivity index (χ3v) is 5.29. The molecule has 3 rings (SSSR count). The predicted octanol–water partition coefficient (Wildman–Crippen LogP) is 5.76. The molecule has 1 N–H and O–H groups in total. The number of carbonyl (C=O) groups is 1. The molecule has 0 aliphatic rings. The minimum Gasteiger partial charge on any atom is -0.325 e. The van der Waals surface area contributed by atoms with Gasteiger partial charge in [-0.05, 0) is 48.9 Å². The van der Waals surface area contributed by atoms with Crippen LogP contribution in [-0.4, -0.2) is 26.4 Å². The van der Waals surface area contributed by atoms with E-state index in [9.17, 15) is 18.0 Å². The molecule has 0 unspecified atom stereocenters. The van der Waals surface area contributed by atoms with E-state index < -0.39 is 17.6 Å². The normalized spacial score (nSPS) is 11.5. The van der Waals surface area contributed by atoms with Crippen LogP contribution < -0.4 is 5.32 Å². The zero-order valence-corrected chi connectivity index (χ0v) is 17.5. The first-order valence-corrected chi connectivity index (χ1v) is 10.4. The first-order valence-electron chi connectivity index (χ1n) is 9.07. The summed E-state index contributed by atoms with van der Waals surface area (Å²) in [7, 11) is 0. The molecule has 1 aromatic heterocycles. The second-order valence-electron chi connectivity index (χ2n) is 6.38. The Hall–Kier alpha value is -2.52. The van der Waals surface area contributed by atoms with E-state index in [0.717, 1.165) is 24.1 Å². The minimum atomic E-state index is -4.47. The first kappa shape index (κ1) is 22.2. The summed E-state index contributed by atoms with van der Waals surface area (Å²) in [5.41, 5.74) is 0.121. The predicted molar refractivity (Wildman–Crippen MR) is 112 cm³/mol. The molecule has 30 heavy (non-hydrogen) atoms.